The van der Waals surface area contributed by atoms with Crippen LogP contribution in [0.1, 0.15) is 12.0 Å². The second-order valence-corrected chi connectivity index (χ2v) is 3.96. The molecule has 1 aliphatic rings. The smallest absolute Gasteiger partial charge is 0.0317 e. The van der Waals surface area contributed by atoms with Crippen LogP contribution in [0.4, 0.5) is 5.69 Å². The van der Waals surface area contributed by atoms with Gasteiger partial charge in [-0.05, 0) is 42.4 Å². The molecule has 2 heteroatoms. The number of hydrogen-bond acceptors (Lipinski definition) is 2. The van der Waals surface area contributed by atoms with Crippen molar-refractivity contribution in [1.29, 1.82) is 0 Å². The van der Waals surface area contributed by atoms with E-state index in [1.165, 1.54) is 29.1 Å². The predicted octanol–water partition coefficient (Wildman–Crippen LogP) is 2.31. The SMILES string of the molecule is Nc1ccc2c(c1)CCCS2. The first kappa shape index (κ1) is 7.04. The molecule has 1 heterocycles. The van der Waals surface area contributed by atoms with Crippen molar-refractivity contribution >= 4 is 17.4 Å². The zero-order valence-corrected chi connectivity index (χ0v) is 7.16. The molecule has 0 amide bonds. The molecule has 0 aliphatic carbocycles. The van der Waals surface area contributed by atoms with Gasteiger partial charge in [0.15, 0.2) is 0 Å². The van der Waals surface area contributed by atoms with Crippen LogP contribution in [0.3, 0.4) is 0 Å². The van der Waals surface area contributed by atoms with Crippen LogP contribution in [0.5, 0.6) is 0 Å². The fourth-order valence-corrected chi connectivity index (χ4v) is 2.40. The topological polar surface area (TPSA) is 26.0 Å². The standard InChI is InChI=1S/C9H11NS/c10-8-3-4-9-7(6-8)2-1-5-11-9/h3-4,6H,1-2,5,10H2. The third kappa shape index (κ3) is 1.36. The van der Waals surface area contributed by atoms with Crippen LogP contribution in [0, 0.1) is 0 Å². The molecular formula is C9H11NS. The minimum absolute atomic E-state index is 0.895. The molecular weight excluding hydrogens is 154 g/mol. The highest BCUT2D eigenvalue weighted by molar-refractivity contribution is 7.99. The normalized spacial score (nSPS) is 16.0. The average Bonchev–Trinajstić information content (AvgIpc) is 2.04. The van der Waals surface area contributed by atoms with Crippen LogP contribution < -0.4 is 5.73 Å². The summed E-state index contributed by atoms with van der Waals surface area (Å²) < 4.78 is 0. The molecule has 0 spiro atoms. The highest BCUT2D eigenvalue weighted by atomic mass is 32.2. The van der Waals surface area contributed by atoms with E-state index in [1.54, 1.807) is 0 Å². The number of aryl methyl sites for hydroxylation is 1. The Morgan fingerprint density at radius 3 is 3.18 bits per heavy atom. The van der Waals surface area contributed by atoms with Gasteiger partial charge in [-0.3, -0.25) is 0 Å². The highest BCUT2D eigenvalue weighted by Crippen LogP contribution is 2.30. The summed E-state index contributed by atoms with van der Waals surface area (Å²) in [4.78, 5) is 1.42. The molecule has 1 aromatic rings. The lowest BCUT2D eigenvalue weighted by Gasteiger charge is -2.14. The molecule has 58 valence electrons. The maximum absolute atomic E-state index is 5.67. The number of hydrogen-bond donors (Lipinski definition) is 1. The Bertz CT molecular complexity index is 270. The fraction of sp³-hybridized carbons (Fsp3) is 0.333. The van der Waals surface area contributed by atoms with Gasteiger partial charge in [-0.15, -0.1) is 11.8 Å². The predicted molar refractivity (Wildman–Crippen MR) is 49.9 cm³/mol. The van der Waals surface area contributed by atoms with E-state index in [4.69, 9.17) is 5.73 Å². The molecule has 0 aromatic heterocycles. The van der Waals surface area contributed by atoms with Crippen molar-refractivity contribution in [2.24, 2.45) is 0 Å². The van der Waals surface area contributed by atoms with E-state index in [0.717, 1.165) is 5.69 Å². The molecule has 1 aliphatic heterocycles. The number of rotatable bonds is 0. The molecule has 0 radical (unpaired) electrons. The summed E-state index contributed by atoms with van der Waals surface area (Å²) in [6.45, 7) is 0. The molecule has 0 saturated heterocycles. The van der Waals surface area contributed by atoms with Crippen molar-refractivity contribution in [1.82, 2.24) is 0 Å². The van der Waals surface area contributed by atoms with Crippen LogP contribution in [0.25, 0.3) is 0 Å². The second kappa shape index (κ2) is 2.78. The quantitative estimate of drug-likeness (QED) is 0.597. The van der Waals surface area contributed by atoms with Gasteiger partial charge >= 0.3 is 0 Å². The lowest BCUT2D eigenvalue weighted by molar-refractivity contribution is 0.891. The van der Waals surface area contributed by atoms with E-state index in [0.29, 0.717) is 0 Å². The minimum Gasteiger partial charge on any atom is -0.399 e. The van der Waals surface area contributed by atoms with E-state index in [-0.39, 0.29) is 0 Å². The van der Waals surface area contributed by atoms with Crippen molar-refractivity contribution in [3.8, 4) is 0 Å². The Kier molecular flexibility index (Phi) is 1.78. The number of nitrogen functional groups attached to an aromatic ring is 1. The maximum Gasteiger partial charge on any atom is 0.0317 e. The third-order valence-electron chi connectivity index (χ3n) is 1.93. The molecule has 1 aromatic carbocycles. The zero-order valence-electron chi connectivity index (χ0n) is 6.34. The lowest BCUT2D eigenvalue weighted by Crippen LogP contribution is -1.99. The first-order valence-electron chi connectivity index (χ1n) is 3.87. The maximum atomic E-state index is 5.67. The van der Waals surface area contributed by atoms with Gasteiger partial charge in [0.25, 0.3) is 0 Å². The lowest BCUT2D eigenvalue weighted by atomic mass is 10.1. The fourth-order valence-electron chi connectivity index (χ4n) is 1.38. The third-order valence-corrected chi connectivity index (χ3v) is 3.13. The van der Waals surface area contributed by atoms with E-state index < -0.39 is 0 Å². The van der Waals surface area contributed by atoms with Crippen LogP contribution >= 0.6 is 11.8 Å². The summed E-state index contributed by atoms with van der Waals surface area (Å²) in [5, 5.41) is 0. The van der Waals surface area contributed by atoms with Crippen LogP contribution in [-0.2, 0) is 6.42 Å². The van der Waals surface area contributed by atoms with Gasteiger partial charge in [0.05, 0.1) is 0 Å². The molecule has 1 nitrogen and oxygen atoms in total. The molecule has 11 heavy (non-hydrogen) atoms. The summed E-state index contributed by atoms with van der Waals surface area (Å²) in [7, 11) is 0. The number of nitrogens with two attached hydrogens (primary N) is 1. The number of thioether (sulfide) groups is 1. The summed E-state index contributed by atoms with van der Waals surface area (Å²) in [6, 6.07) is 6.22. The number of anilines is 1. The van der Waals surface area contributed by atoms with Crippen molar-refractivity contribution in [2.75, 3.05) is 11.5 Å². The molecule has 0 unspecified atom stereocenters. The molecule has 0 atom stereocenters. The largest absolute Gasteiger partial charge is 0.399 e. The Morgan fingerprint density at radius 1 is 1.36 bits per heavy atom. The summed E-state index contributed by atoms with van der Waals surface area (Å²) >= 11 is 1.94. The first-order chi connectivity index (χ1) is 5.36. The van der Waals surface area contributed by atoms with Gasteiger partial charge in [0.2, 0.25) is 0 Å². The van der Waals surface area contributed by atoms with Crippen LogP contribution in [-0.4, -0.2) is 5.75 Å². The van der Waals surface area contributed by atoms with E-state index in [9.17, 15) is 0 Å². The molecule has 0 fully saturated rings. The van der Waals surface area contributed by atoms with Crippen molar-refractivity contribution < 1.29 is 0 Å². The second-order valence-electron chi connectivity index (χ2n) is 2.82. The Balaban J connectivity index is 2.43. The summed E-state index contributed by atoms with van der Waals surface area (Å²) in [5.74, 6) is 1.26. The number of fused-ring (bicyclic) bond motifs is 1. The Labute approximate surface area is 71.0 Å². The monoisotopic (exact) mass is 165 g/mol. The van der Waals surface area contributed by atoms with Crippen molar-refractivity contribution in [2.45, 2.75) is 17.7 Å². The summed E-state index contributed by atoms with van der Waals surface area (Å²) in [6.07, 6.45) is 2.49. The van der Waals surface area contributed by atoms with E-state index in [1.807, 2.05) is 17.8 Å². The minimum atomic E-state index is 0.895. The summed E-state index contributed by atoms with van der Waals surface area (Å²) in [5.41, 5.74) is 8.00. The van der Waals surface area contributed by atoms with E-state index in [2.05, 4.69) is 12.1 Å². The first-order valence-corrected chi connectivity index (χ1v) is 4.86. The van der Waals surface area contributed by atoms with Gasteiger partial charge in [0.1, 0.15) is 0 Å². The average molecular weight is 165 g/mol. The van der Waals surface area contributed by atoms with Gasteiger partial charge in [-0.1, -0.05) is 0 Å². The van der Waals surface area contributed by atoms with Crippen molar-refractivity contribution in [3.63, 3.8) is 0 Å². The van der Waals surface area contributed by atoms with Gasteiger partial charge in [0, 0.05) is 10.6 Å². The molecule has 0 saturated carbocycles. The van der Waals surface area contributed by atoms with Gasteiger partial charge < -0.3 is 5.73 Å². The zero-order chi connectivity index (χ0) is 7.68. The van der Waals surface area contributed by atoms with Crippen LogP contribution in [0.15, 0.2) is 23.1 Å². The van der Waals surface area contributed by atoms with Crippen LogP contribution in [0.2, 0.25) is 0 Å². The molecule has 2 rings (SSSR count). The number of benzene rings is 1. The highest BCUT2D eigenvalue weighted by Gasteiger charge is 2.08. The van der Waals surface area contributed by atoms with Gasteiger partial charge in [-0.2, -0.15) is 0 Å². The molecule has 2 N–H and O–H groups in total. The Morgan fingerprint density at radius 2 is 2.27 bits per heavy atom. The van der Waals surface area contributed by atoms with Crippen molar-refractivity contribution in [3.05, 3.63) is 23.8 Å². The Hall–Kier alpha value is -0.630. The van der Waals surface area contributed by atoms with Gasteiger partial charge in [-0.25, -0.2) is 0 Å². The molecule has 0 bridgehead atoms. The van der Waals surface area contributed by atoms with E-state index >= 15 is 0 Å².